The third-order valence-electron chi connectivity index (χ3n) is 4.78. The maximum absolute atomic E-state index is 12.9. The smallest absolute Gasteiger partial charge is 0.230 e. The number of halogens is 2. The second-order valence-electron chi connectivity index (χ2n) is 6.26. The fourth-order valence-electron chi connectivity index (χ4n) is 3.74. The van der Waals surface area contributed by atoms with E-state index in [1.807, 2.05) is 12.1 Å². The maximum atomic E-state index is 12.9. The molecule has 0 aromatic carbocycles. The van der Waals surface area contributed by atoms with Gasteiger partial charge >= 0.3 is 0 Å². The van der Waals surface area contributed by atoms with Gasteiger partial charge in [0.15, 0.2) is 0 Å². The summed E-state index contributed by atoms with van der Waals surface area (Å²) in [6.07, 6.45) is 3.96. The van der Waals surface area contributed by atoms with Crippen molar-refractivity contribution in [1.82, 2.24) is 9.97 Å². The Morgan fingerprint density at radius 2 is 2.08 bits per heavy atom. The molecule has 4 rings (SSSR count). The van der Waals surface area contributed by atoms with E-state index < -0.39 is 18.1 Å². The van der Waals surface area contributed by atoms with Gasteiger partial charge in [0.25, 0.3) is 0 Å². The zero-order valence-corrected chi connectivity index (χ0v) is 14.5. The molecular weight excluding hydrogens is 365 g/mol. The number of nitrogens with zero attached hydrogens (tertiary/aromatic N) is 2. The van der Waals surface area contributed by atoms with E-state index in [1.54, 1.807) is 18.5 Å². The Balaban J connectivity index is 1.61. The first-order valence-corrected chi connectivity index (χ1v) is 8.65. The first-order valence-electron chi connectivity index (χ1n) is 7.90. The van der Waals surface area contributed by atoms with Crippen LogP contribution in [0.25, 0.3) is 0 Å². The molecule has 0 spiro atoms. The molecule has 5 unspecified atom stereocenters. The lowest BCUT2D eigenvalue weighted by Gasteiger charge is -2.30. The van der Waals surface area contributed by atoms with Gasteiger partial charge < -0.3 is 15.2 Å². The van der Waals surface area contributed by atoms with Crippen molar-refractivity contribution in [3.63, 3.8) is 0 Å². The van der Waals surface area contributed by atoms with Gasteiger partial charge in [0.2, 0.25) is 5.91 Å². The molecule has 2 N–H and O–H groups in total. The Morgan fingerprint density at radius 3 is 2.80 bits per heavy atom. The monoisotopic (exact) mass is 379 g/mol. The number of hydrogen-bond acceptors (Lipinski definition) is 5. The van der Waals surface area contributed by atoms with Crippen molar-refractivity contribution in [2.75, 3.05) is 5.32 Å². The predicted octanol–water partition coefficient (Wildman–Crippen LogP) is 2.65. The molecule has 2 aromatic rings. The van der Waals surface area contributed by atoms with Crippen LogP contribution in [0.5, 0.6) is 0 Å². The van der Waals surface area contributed by atoms with E-state index >= 15 is 0 Å². The minimum Gasteiger partial charge on any atom is -0.390 e. The summed E-state index contributed by atoms with van der Waals surface area (Å²) >= 11 is 11.8. The third-order valence-corrected chi connectivity index (χ3v) is 5.47. The highest BCUT2D eigenvalue weighted by Crippen LogP contribution is 2.49. The Bertz CT molecular complexity index is 805. The molecule has 2 fully saturated rings. The van der Waals surface area contributed by atoms with Crippen molar-refractivity contribution in [2.45, 2.75) is 30.7 Å². The Morgan fingerprint density at radius 1 is 1.32 bits per heavy atom. The fourth-order valence-corrected chi connectivity index (χ4v) is 4.01. The summed E-state index contributed by atoms with van der Waals surface area (Å²) in [6, 6.07) is 5.25. The number of carbonyl (C=O) groups excluding carboxylic acids is 1. The number of aliphatic hydroxyl groups excluding tert-OH is 1. The van der Waals surface area contributed by atoms with Crippen LogP contribution in [-0.4, -0.2) is 39.3 Å². The van der Waals surface area contributed by atoms with Gasteiger partial charge in [0.1, 0.15) is 5.15 Å². The number of ether oxygens (including phenoxy) is 1. The van der Waals surface area contributed by atoms with Crippen LogP contribution in [0.4, 0.5) is 5.69 Å². The first-order chi connectivity index (χ1) is 12.0. The second kappa shape index (κ2) is 6.53. The molecule has 1 amide bonds. The average Bonchev–Trinajstić information content (AvgIpc) is 3.16. The maximum Gasteiger partial charge on any atom is 0.230 e. The molecule has 2 bridgehead atoms. The number of hydrogen-bond donors (Lipinski definition) is 2. The van der Waals surface area contributed by atoms with Gasteiger partial charge in [-0.3, -0.25) is 9.78 Å². The molecule has 130 valence electrons. The molecule has 4 heterocycles. The lowest BCUT2D eigenvalue weighted by Crippen LogP contribution is -2.41. The zero-order chi connectivity index (χ0) is 17.6. The molecule has 8 heteroatoms. The molecule has 0 aliphatic carbocycles. The number of rotatable bonds is 3. The summed E-state index contributed by atoms with van der Waals surface area (Å²) < 4.78 is 5.87. The van der Waals surface area contributed by atoms with Crippen LogP contribution < -0.4 is 5.32 Å². The fraction of sp³-hybridized carbons (Fsp3) is 0.353. The van der Waals surface area contributed by atoms with Crippen LogP contribution in [0.3, 0.4) is 0 Å². The summed E-state index contributed by atoms with van der Waals surface area (Å²) in [5, 5.41) is 13.5. The van der Waals surface area contributed by atoms with Gasteiger partial charge in [-0.25, -0.2) is 4.98 Å². The molecule has 2 saturated heterocycles. The number of carbonyl (C=O) groups is 1. The topological polar surface area (TPSA) is 84.3 Å². The van der Waals surface area contributed by atoms with E-state index in [0.29, 0.717) is 12.1 Å². The molecule has 6 nitrogen and oxygen atoms in total. The third kappa shape index (κ3) is 3.00. The minimum absolute atomic E-state index is 0.181. The van der Waals surface area contributed by atoms with Crippen molar-refractivity contribution in [2.24, 2.45) is 5.92 Å². The number of aromatic nitrogens is 2. The highest BCUT2D eigenvalue weighted by Gasteiger charge is 2.56. The predicted molar refractivity (Wildman–Crippen MR) is 92.6 cm³/mol. The standard InChI is InChI=1S/C17H15Cl2N3O3/c18-10-5-9(7-21-16(10)19)22-17(24)14-12-6-11(23)15(25-12)13(14)8-1-3-20-4-2-8/h1-5,7,11-15,23H,6H2,(H,22,24). The van der Waals surface area contributed by atoms with Crippen LogP contribution in [-0.2, 0) is 9.53 Å². The summed E-state index contributed by atoms with van der Waals surface area (Å²) in [6.45, 7) is 0. The molecule has 0 radical (unpaired) electrons. The summed E-state index contributed by atoms with van der Waals surface area (Å²) in [4.78, 5) is 20.8. The SMILES string of the molecule is O=C(Nc1cnc(Cl)c(Cl)c1)C1C2CC(O)C(O2)C1c1ccncc1. The molecule has 5 atom stereocenters. The van der Waals surface area contributed by atoms with E-state index in [-0.39, 0.29) is 28.1 Å². The van der Waals surface area contributed by atoms with Gasteiger partial charge in [-0.1, -0.05) is 23.2 Å². The van der Waals surface area contributed by atoms with Gasteiger partial charge in [-0.2, -0.15) is 0 Å². The largest absolute Gasteiger partial charge is 0.390 e. The average molecular weight is 380 g/mol. The number of aliphatic hydroxyl groups is 1. The minimum atomic E-state index is -0.571. The zero-order valence-electron chi connectivity index (χ0n) is 13.0. The summed E-state index contributed by atoms with van der Waals surface area (Å²) in [5.74, 6) is -0.834. The van der Waals surface area contributed by atoms with E-state index in [0.717, 1.165) is 5.56 Å². The second-order valence-corrected chi connectivity index (χ2v) is 7.03. The highest BCUT2D eigenvalue weighted by molar-refractivity contribution is 6.41. The van der Waals surface area contributed by atoms with Crippen LogP contribution in [0.15, 0.2) is 36.8 Å². The van der Waals surface area contributed by atoms with Crippen molar-refractivity contribution in [3.8, 4) is 0 Å². The highest BCUT2D eigenvalue weighted by atomic mass is 35.5. The summed E-state index contributed by atoms with van der Waals surface area (Å²) in [5.41, 5.74) is 1.39. The Kier molecular flexibility index (Phi) is 4.37. The molecule has 2 aromatic heterocycles. The van der Waals surface area contributed by atoms with Gasteiger partial charge in [-0.15, -0.1) is 0 Å². The Hall–Kier alpha value is -1.73. The van der Waals surface area contributed by atoms with E-state index in [4.69, 9.17) is 27.9 Å². The van der Waals surface area contributed by atoms with Crippen LogP contribution in [0.1, 0.15) is 17.9 Å². The molecule has 2 aliphatic rings. The van der Waals surface area contributed by atoms with Crippen LogP contribution in [0.2, 0.25) is 10.2 Å². The molecule has 2 aliphatic heterocycles. The van der Waals surface area contributed by atoms with Crippen molar-refractivity contribution < 1.29 is 14.6 Å². The van der Waals surface area contributed by atoms with E-state index in [9.17, 15) is 9.90 Å². The lowest BCUT2D eigenvalue weighted by atomic mass is 9.74. The first kappa shape index (κ1) is 16.7. The van der Waals surface area contributed by atoms with Gasteiger partial charge in [-0.05, 0) is 23.8 Å². The summed E-state index contributed by atoms with van der Waals surface area (Å²) in [7, 11) is 0. The van der Waals surface area contributed by atoms with Gasteiger partial charge in [0.05, 0.1) is 41.1 Å². The van der Waals surface area contributed by atoms with Crippen molar-refractivity contribution in [1.29, 1.82) is 0 Å². The Labute approximate surface area is 154 Å². The normalized spacial score (nSPS) is 30.4. The molecule has 0 saturated carbocycles. The number of nitrogens with one attached hydrogen (secondary N) is 1. The number of amides is 1. The van der Waals surface area contributed by atoms with Crippen molar-refractivity contribution in [3.05, 3.63) is 52.5 Å². The van der Waals surface area contributed by atoms with E-state index in [1.165, 1.54) is 6.20 Å². The number of pyridine rings is 2. The molecular formula is C17H15Cl2N3O3. The number of fused-ring (bicyclic) bond motifs is 2. The number of anilines is 1. The van der Waals surface area contributed by atoms with E-state index in [2.05, 4.69) is 15.3 Å². The van der Waals surface area contributed by atoms with Gasteiger partial charge in [0, 0.05) is 24.7 Å². The quantitative estimate of drug-likeness (QED) is 0.800. The lowest BCUT2D eigenvalue weighted by molar-refractivity contribution is -0.121. The van der Waals surface area contributed by atoms with Crippen molar-refractivity contribution >= 4 is 34.8 Å². The molecule has 25 heavy (non-hydrogen) atoms. The van der Waals surface area contributed by atoms with Crippen LogP contribution >= 0.6 is 23.2 Å². The van der Waals surface area contributed by atoms with Crippen LogP contribution in [0, 0.1) is 5.92 Å².